The number of hydrogen-bond donors (Lipinski definition) is 1. The van der Waals surface area contributed by atoms with Crippen molar-refractivity contribution in [1.82, 2.24) is 9.88 Å². The monoisotopic (exact) mass is 414 g/mol. The van der Waals surface area contributed by atoms with Gasteiger partial charge in [-0.15, -0.1) is 11.3 Å². The number of likely N-dealkylation sites (tertiary alicyclic amines) is 1. The van der Waals surface area contributed by atoms with E-state index in [0.29, 0.717) is 47.9 Å². The lowest BCUT2D eigenvalue weighted by Gasteiger charge is -2.31. The molecule has 2 amide bonds. The Balaban J connectivity index is 1.37. The number of hydrogen-bond acceptors (Lipinski definition) is 6. The second-order valence-electron chi connectivity index (χ2n) is 7.66. The van der Waals surface area contributed by atoms with Gasteiger partial charge in [0.1, 0.15) is 0 Å². The summed E-state index contributed by atoms with van der Waals surface area (Å²) in [5.74, 6) is 0.234. The van der Waals surface area contributed by atoms with Crippen molar-refractivity contribution >= 4 is 34.0 Å². The molecule has 1 N–H and O–H groups in total. The van der Waals surface area contributed by atoms with E-state index in [0.717, 1.165) is 12.8 Å². The van der Waals surface area contributed by atoms with E-state index in [9.17, 15) is 19.7 Å². The van der Waals surface area contributed by atoms with Crippen LogP contribution < -0.4 is 5.32 Å². The molecule has 1 aliphatic heterocycles. The summed E-state index contributed by atoms with van der Waals surface area (Å²) in [5, 5.41) is 16.3. The predicted octanol–water partition coefficient (Wildman–Crippen LogP) is 3.61. The van der Waals surface area contributed by atoms with Gasteiger partial charge in [-0.3, -0.25) is 19.7 Å². The highest BCUT2D eigenvalue weighted by Gasteiger charge is 2.36. The summed E-state index contributed by atoms with van der Waals surface area (Å²) in [6.07, 6.45) is 3.31. The number of aromatic nitrogens is 1. The Labute approximate surface area is 172 Å². The maximum atomic E-state index is 12.6. The van der Waals surface area contributed by atoms with Crippen LogP contribution >= 0.6 is 11.3 Å². The molecule has 152 valence electrons. The van der Waals surface area contributed by atoms with Crippen molar-refractivity contribution in [1.29, 1.82) is 0 Å². The van der Waals surface area contributed by atoms with Gasteiger partial charge in [-0.2, -0.15) is 0 Å². The van der Waals surface area contributed by atoms with Crippen LogP contribution in [0.25, 0.3) is 11.3 Å². The number of anilines is 1. The molecule has 8 nitrogen and oxygen atoms in total. The summed E-state index contributed by atoms with van der Waals surface area (Å²) in [4.78, 5) is 41.8. The Morgan fingerprint density at radius 2 is 1.93 bits per heavy atom. The molecule has 1 saturated heterocycles. The zero-order valence-corrected chi connectivity index (χ0v) is 16.9. The minimum absolute atomic E-state index is 0.0496. The standard InChI is InChI=1S/C20H22N4O4S/c1-12-2-3-15(10-17(12)24(27)28)16-11-29-20(21-16)22-18(25)13-6-8-23(9-7-13)19(26)14-4-5-14/h2-3,10-11,13-14H,4-9H2,1H3,(H,21,22,25). The quantitative estimate of drug-likeness (QED) is 0.594. The lowest BCUT2D eigenvalue weighted by Crippen LogP contribution is -2.42. The van der Waals surface area contributed by atoms with E-state index in [1.807, 2.05) is 4.90 Å². The largest absolute Gasteiger partial charge is 0.342 e. The fourth-order valence-corrected chi connectivity index (χ4v) is 4.31. The van der Waals surface area contributed by atoms with Crippen LogP contribution in [0.3, 0.4) is 0 Å². The number of nitro groups is 1. The van der Waals surface area contributed by atoms with Crippen LogP contribution in [0.1, 0.15) is 31.2 Å². The Morgan fingerprint density at radius 3 is 2.59 bits per heavy atom. The van der Waals surface area contributed by atoms with Gasteiger partial charge in [-0.25, -0.2) is 4.98 Å². The highest BCUT2D eigenvalue weighted by Crippen LogP contribution is 2.33. The Kier molecular flexibility index (Phi) is 5.31. The van der Waals surface area contributed by atoms with E-state index in [2.05, 4.69) is 10.3 Å². The first kappa shape index (κ1) is 19.5. The lowest BCUT2D eigenvalue weighted by atomic mass is 9.95. The number of thiazole rings is 1. The molecule has 4 rings (SSSR count). The number of carbonyl (C=O) groups is 2. The van der Waals surface area contributed by atoms with Gasteiger partial charge in [0, 0.05) is 47.5 Å². The molecule has 9 heteroatoms. The second kappa shape index (κ2) is 7.90. The fraction of sp³-hybridized carbons (Fsp3) is 0.450. The number of nitrogens with one attached hydrogen (secondary N) is 1. The zero-order valence-electron chi connectivity index (χ0n) is 16.1. The molecule has 1 aliphatic carbocycles. The molecule has 0 unspecified atom stereocenters. The van der Waals surface area contributed by atoms with Crippen molar-refractivity contribution in [3.8, 4) is 11.3 Å². The third-order valence-corrected chi connectivity index (χ3v) is 6.30. The van der Waals surface area contributed by atoms with E-state index in [1.54, 1.807) is 24.4 Å². The number of nitro benzene ring substituents is 1. The number of rotatable bonds is 5. The van der Waals surface area contributed by atoms with Crippen molar-refractivity contribution in [2.75, 3.05) is 18.4 Å². The number of amides is 2. The molecule has 0 spiro atoms. The average molecular weight is 414 g/mol. The number of carbonyl (C=O) groups excluding carboxylic acids is 2. The Morgan fingerprint density at radius 1 is 1.21 bits per heavy atom. The van der Waals surface area contributed by atoms with Crippen LogP contribution in [-0.4, -0.2) is 39.7 Å². The van der Waals surface area contributed by atoms with Crippen LogP contribution in [0.2, 0.25) is 0 Å². The molecule has 2 heterocycles. The molecule has 1 aromatic heterocycles. The summed E-state index contributed by atoms with van der Waals surface area (Å²) < 4.78 is 0. The third-order valence-electron chi connectivity index (χ3n) is 5.54. The highest BCUT2D eigenvalue weighted by atomic mass is 32.1. The van der Waals surface area contributed by atoms with Crippen molar-refractivity contribution in [2.24, 2.45) is 11.8 Å². The molecule has 2 aromatic rings. The smallest absolute Gasteiger partial charge is 0.272 e. The van der Waals surface area contributed by atoms with E-state index in [4.69, 9.17) is 0 Å². The number of aryl methyl sites for hydroxylation is 1. The summed E-state index contributed by atoms with van der Waals surface area (Å²) in [5.41, 5.74) is 1.88. The van der Waals surface area contributed by atoms with Gasteiger partial charge in [0.15, 0.2) is 5.13 Å². The maximum Gasteiger partial charge on any atom is 0.272 e. The SMILES string of the molecule is Cc1ccc(-c2csc(NC(=O)C3CCN(C(=O)C4CC4)CC3)n2)cc1[N+](=O)[O-]. The fourth-order valence-electron chi connectivity index (χ4n) is 3.59. The van der Waals surface area contributed by atoms with Gasteiger partial charge < -0.3 is 10.2 Å². The normalized spacial score (nSPS) is 17.2. The third kappa shape index (κ3) is 4.29. The minimum Gasteiger partial charge on any atom is -0.342 e. The molecular weight excluding hydrogens is 392 g/mol. The van der Waals surface area contributed by atoms with E-state index >= 15 is 0 Å². The topological polar surface area (TPSA) is 105 Å². The molecule has 0 atom stereocenters. The average Bonchev–Trinajstić information content (AvgIpc) is 3.47. The summed E-state index contributed by atoms with van der Waals surface area (Å²) in [7, 11) is 0. The van der Waals surface area contributed by atoms with Crippen molar-refractivity contribution < 1.29 is 14.5 Å². The van der Waals surface area contributed by atoms with Gasteiger partial charge >= 0.3 is 0 Å². The van der Waals surface area contributed by atoms with Gasteiger partial charge in [0.2, 0.25) is 11.8 Å². The predicted molar refractivity (Wildman–Crippen MR) is 110 cm³/mol. The van der Waals surface area contributed by atoms with Gasteiger partial charge in [0.05, 0.1) is 10.6 Å². The van der Waals surface area contributed by atoms with Crippen LogP contribution in [0.4, 0.5) is 10.8 Å². The van der Waals surface area contributed by atoms with Crippen molar-refractivity contribution in [2.45, 2.75) is 32.6 Å². The molecule has 1 aromatic carbocycles. The maximum absolute atomic E-state index is 12.6. The number of benzene rings is 1. The minimum atomic E-state index is -0.409. The lowest BCUT2D eigenvalue weighted by molar-refractivity contribution is -0.385. The molecule has 0 radical (unpaired) electrons. The number of nitrogens with zero attached hydrogens (tertiary/aromatic N) is 3. The van der Waals surface area contributed by atoms with E-state index in [1.165, 1.54) is 17.4 Å². The molecule has 2 fully saturated rings. The zero-order chi connectivity index (χ0) is 20.5. The van der Waals surface area contributed by atoms with Gasteiger partial charge in [0.25, 0.3) is 5.69 Å². The van der Waals surface area contributed by atoms with Crippen molar-refractivity contribution in [3.05, 3.63) is 39.3 Å². The second-order valence-corrected chi connectivity index (χ2v) is 8.52. The van der Waals surface area contributed by atoms with Gasteiger partial charge in [-0.05, 0) is 32.6 Å². The summed E-state index contributed by atoms with van der Waals surface area (Å²) in [6.45, 7) is 2.95. The molecular formula is C20H22N4O4S. The van der Waals surface area contributed by atoms with Crippen LogP contribution in [0, 0.1) is 28.9 Å². The highest BCUT2D eigenvalue weighted by molar-refractivity contribution is 7.14. The van der Waals surface area contributed by atoms with Gasteiger partial charge in [-0.1, -0.05) is 12.1 Å². The Bertz CT molecular complexity index is 961. The molecule has 29 heavy (non-hydrogen) atoms. The first-order valence-corrected chi connectivity index (χ1v) is 10.6. The summed E-state index contributed by atoms with van der Waals surface area (Å²) >= 11 is 1.30. The van der Waals surface area contributed by atoms with E-state index in [-0.39, 0.29) is 29.3 Å². The molecule has 1 saturated carbocycles. The molecule has 0 bridgehead atoms. The first-order valence-electron chi connectivity index (χ1n) is 9.73. The summed E-state index contributed by atoms with van der Waals surface area (Å²) in [6, 6.07) is 4.99. The molecule has 2 aliphatic rings. The van der Waals surface area contributed by atoms with Crippen LogP contribution in [-0.2, 0) is 9.59 Å². The first-order chi connectivity index (χ1) is 13.9. The Hall–Kier alpha value is -2.81. The number of piperidine rings is 1. The van der Waals surface area contributed by atoms with E-state index < -0.39 is 4.92 Å². The van der Waals surface area contributed by atoms with Crippen molar-refractivity contribution in [3.63, 3.8) is 0 Å². The van der Waals surface area contributed by atoms with Crippen LogP contribution in [0.15, 0.2) is 23.6 Å². The van der Waals surface area contributed by atoms with Crippen LogP contribution in [0.5, 0.6) is 0 Å².